The Morgan fingerprint density at radius 3 is 2.57 bits per heavy atom. The topological polar surface area (TPSA) is 92.4 Å². The van der Waals surface area contributed by atoms with E-state index in [1.165, 1.54) is 6.92 Å². The summed E-state index contributed by atoms with van der Waals surface area (Å²) < 4.78 is 0. The Kier molecular flexibility index (Phi) is 6.52. The van der Waals surface area contributed by atoms with Crippen molar-refractivity contribution >= 4 is 24.3 Å². The maximum Gasteiger partial charge on any atom is 0.233 e. The van der Waals surface area contributed by atoms with Crippen LogP contribution in [0, 0.1) is 0 Å². The van der Waals surface area contributed by atoms with Crippen LogP contribution >= 0.6 is 12.6 Å². The minimum absolute atomic E-state index is 0.0875. The number of hydrogen-bond donors (Lipinski definition) is 4. The predicted octanol–water partition coefficient (Wildman–Crippen LogP) is -1.30. The van der Waals surface area contributed by atoms with Crippen LogP contribution in [0.25, 0.3) is 0 Å². The third-order valence-electron chi connectivity index (χ3n) is 1.57. The number of nitrogens with two attached hydrogens (primary N) is 1. The highest BCUT2D eigenvalue weighted by atomic mass is 32.1. The number of aliphatic hydroxyl groups excluding tert-OH is 1. The first kappa shape index (κ1) is 13.4. The molecule has 0 aliphatic rings. The molecule has 0 saturated carbocycles. The molecule has 0 aromatic rings. The minimum atomic E-state index is -0.753. The number of carbonyl (C=O) groups is 2. The second-order valence-electron chi connectivity index (χ2n) is 3.06. The highest BCUT2D eigenvalue weighted by molar-refractivity contribution is 7.81. The largest absolute Gasteiger partial charge is 0.390 e. The van der Waals surface area contributed by atoms with Crippen LogP contribution in [-0.2, 0) is 9.59 Å². The zero-order chi connectivity index (χ0) is 11.1. The lowest BCUT2D eigenvalue weighted by atomic mass is 10.2. The smallest absolute Gasteiger partial charge is 0.233 e. The van der Waals surface area contributed by atoms with E-state index < -0.39 is 11.4 Å². The van der Waals surface area contributed by atoms with Gasteiger partial charge in [0, 0.05) is 19.5 Å². The van der Waals surface area contributed by atoms with Gasteiger partial charge in [-0.15, -0.1) is 0 Å². The molecule has 1 amide bonds. The van der Waals surface area contributed by atoms with E-state index in [0.29, 0.717) is 0 Å². The molecule has 5 nitrogen and oxygen atoms in total. The van der Waals surface area contributed by atoms with Crippen molar-refractivity contribution in [1.82, 2.24) is 5.32 Å². The first-order valence-electron chi connectivity index (χ1n) is 4.30. The molecule has 0 bridgehead atoms. The monoisotopic (exact) mass is 220 g/mol. The van der Waals surface area contributed by atoms with Gasteiger partial charge in [0.15, 0.2) is 0 Å². The Hall–Kier alpha value is -0.590. The van der Waals surface area contributed by atoms with Crippen molar-refractivity contribution in [1.29, 1.82) is 0 Å². The van der Waals surface area contributed by atoms with Gasteiger partial charge in [-0.1, -0.05) is 0 Å². The van der Waals surface area contributed by atoms with Crippen molar-refractivity contribution in [2.45, 2.75) is 24.7 Å². The van der Waals surface area contributed by atoms with E-state index in [4.69, 9.17) is 10.8 Å². The number of rotatable bonds is 6. The van der Waals surface area contributed by atoms with Gasteiger partial charge in [0.05, 0.1) is 11.4 Å². The molecule has 2 unspecified atom stereocenters. The molecule has 0 aromatic heterocycles. The normalized spacial score (nSPS) is 14.6. The molecule has 0 radical (unpaired) electrons. The highest BCUT2D eigenvalue weighted by Crippen LogP contribution is 2.01. The standard InChI is InChI=1S/C8H16N2O3S/c1-5(11)2-7(14)8(13)10-4-6(12)3-9/h6-7,12,14H,2-4,9H2,1H3,(H,10,13). The Labute approximate surface area is 88.5 Å². The SMILES string of the molecule is CC(=O)CC(S)C(=O)NCC(O)CN. The van der Waals surface area contributed by atoms with E-state index in [1.807, 2.05) is 0 Å². The van der Waals surface area contributed by atoms with Crippen LogP contribution in [0.3, 0.4) is 0 Å². The van der Waals surface area contributed by atoms with Crippen LogP contribution in [0.2, 0.25) is 0 Å². The van der Waals surface area contributed by atoms with E-state index in [1.54, 1.807) is 0 Å². The molecule has 2 atom stereocenters. The maximum atomic E-state index is 11.2. The number of Topliss-reactive ketones (excluding diaryl/α,β-unsaturated/α-hetero) is 1. The number of hydrogen-bond acceptors (Lipinski definition) is 5. The number of carbonyl (C=O) groups excluding carboxylic acids is 2. The first-order valence-corrected chi connectivity index (χ1v) is 4.82. The number of ketones is 1. The third kappa shape index (κ3) is 5.95. The average molecular weight is 220 g/mol. The quantitative estimate of drug-likeness (QED) is 0.419. The number of amides is 1. The minimum Gasteiger partial charge on any atom is -0.390 e. The van der Waals surface area contributed by atoms with E-state index in [2.05, 4.69) is 17.9 Å². The number of thiol groups is 1. The van der Waals surface area contributed by atoms with Gasteiger partial charge in [0.1, 0.15) is 5.78 Å². The third-order valence-corrected chi connectivity index (χ3v) is 1.98. The lowest BCUT2D eigenvalue weighted by molar-refractivity contribution is -0.124. The Bertz CT molecular complexity index is 211. The maximum absolute atomic E-state index is 11.2. The number of nitrogens with one attached hydrogen (secondary N) is 1. The second-order valence-corrected chi connectivity index (χ2v) is 3.68. The average Bonchev–Trinajstić information content (AvgIpc) is 2.12. The van der Waals surface area contributed by atoms with Crippen molar-refractivity contribution < 1.29 is 14.7 Å². The zero-order valence-electron chi connectivity index (χ0n) is 8.06. The Morgan fingerprint density at radius 1 is 1.57 bits per heavy atom. The van der Waals surface area contributed by atoms with Crippen molar-refractivity contribution in [2.75, 3.05) is 13.1 Å². The fourth-order valence-corrected chi connectivity index (χ4v) is 1.13. The molecule has 0 aliphatic heterocycles. The van der Waals surface area contributed by atoms with Crippen LogP contribution in [0.4, 0.5) is 0 Å². The molecule has 14 heavy (non-hydrogen) atoms. The molecule has 0 saturated heterocycles. The first-order chi connectivity index (χ1) is 6.47. The Morgan fingerprint density at radius 2 is 2.14 bits per heavy atom. The second kappa shape index (κ2) is 6.80. The van der Waals surface area contributed by atoms with E-state index in [-0.39, 0.29) is 31.2 Å². The van der Waals surface area contributed by atoms with Crippen molar-refractivity contribution in [3.8, 4) is 0 Å². The lowest BCUT2D eigenvalue weighted by Crippen LogP contribution is -2.40. The van der Waals surface area contributed by atoms with Gasteiger partial charge in [-0.2, -0.15) is 12.6 Å². The molecule has 0 aromatic carbocycles. The molecular formula is C8H16N2O3S. The lowest BCUT2D eigenvalue weighted by Gasteiger charge is -2.12. The van der Waals surface area contributed by atoms with Gasteiger partial charge in [-0.3, -0.25) is 9.59 Å². The summed E-state index contributed by atoms with van der Waals surface area (Å²) in [5.74, 6) is -0.462. The van der Waals surface area contributed by atoms with Crippen molar-refractivity contribution in [2.24, 2.45) is 5.73 Å². The fourth-order valence-electron chi connectivity index (χ4n) is 0.785. The van der Waals surface area contributed by atoms with Crippen LogP contribution < -0.4 is 11.1 Å². The summed E-state index contributed by atoms with van der Waals surface area (Å²) in [5, 5.41) is 10.8. The molecule has 82 valence electrons. The fraction of sp³-hybridized carbons (Fsp3) is 0.750. The molecule has 0 rings (SSSR count). The van der Waals surface area contributed by atoms with Gasteiger partial charge < -0.3 is 16.2 Å². The van der Waals surface area contributed by atoms with Crippen LogP contribution in [0.1, 0.15) is 13.3 Å². The Balaban J connectivity index is 3.78. The summed E-state index contributed by atoms with van der Waals surface area (Å²) in [6.07, 6.45) is -0.662. The van der Waals surface area contributed by atoms with Gasteiger partial charge in [-0.25, -0.2) is 0 Å². The highest BCUT2D eigenvalue weighted by Gasteiger charge is 2.16. The molecule has 0 spiro atoms. The molecule has 4 N–H and O–H groups in total. The summed E-state index contributed by atoms with van der Waals surface area (Å²) >= 11 is 3.95. The zero-order valence-corrected chi connectivity index (χ0v) is 8.96. The van der Waals surface area contributed by atoms with Crippen LogP contribution in [-0.4, -0.2) is 41.2 Å². The molecule has 0 fully saturated rings. The van der Waals surface area contributed by atoms with Gasteiger partial charge >= 0.3 is 0 Å². The van der Waals surface area contributed by atoms with Crippen molar-refractivity contribution in [3.05, 3.63) is 0 Å². The summed E-state index contributed by atoms with van der Waals surface area (Å²) in [6, 6.07) is 0. The summed E-state index contributed by atoms with van der Waals surface area (Å²) in [5.41, 5.74) is 5.14. The van der Waals surface area contributed by atoms with Gasteiger partial charge in [0.2, 0.25) is 5.91 Å². The van der Waals surface area contributed by atoms with Crippen molar-refractivity contribution in [3.63, 3.8) is 0 Å². The molecule has 6 heteroatoms. The van der Waals surface area contributed by atoms with Crippen LogP contribution in [0.15, 0.2) is 0 Å². The van der Waals surface area contributed by atoms with E-state index >= 15 is 0 Å². The predicted molar refractivity (Wildman–Crippen MR) is 56.1 cm³/mol. The van der Waals surface area contributed by atoms with Gasteiger partial charge in [-0.05, 0) is 6.92 Å². The summed E-state index contributed by atoms with van der Waals surface area (Å²) in [6.45, 7) is 1.57. The molecule has 0 aliphatic carbocycles. The summed E-state index contributed by atoms with van der Waals surface area (Å²) in [4.78, 5) is 21.9. The molecule has 0 heterocycles. The molecular weight excluding hydrogens is 204 g/mol. The number of aliphatic hydroxyl groups is 1. The summed E-state index contributed by atoms with van der Waals surface area (Å²) in [7, 11) is 0. The van der Waals surface area contributed by atoms with E-state index in [0.717, 1.165) is 0 Å². The van der Waals surface area contributed by atoms with Crippen LogP contribution in [0.5, 0.6) is 0 Å². The van der Waals surface area contributed by atoms with E-state index in [9.17, 15) is 9.59 Å². The van der Waals surface area contributed by atoms with Gasteiger partial charge in [0.25, 0.3) is 0 Å².